The molecule has 0 fully saturated rings. The summed E-state index contributed by atoms with van der Waals surface area (Å²) in [4.78, 5) is 34.3. The fourth-order valence-electron chi connectivity index (χ4n) is 2.07. The van der Waals surface area contributed by atoms with Crippen molar-refractivity contribution < 1.29 is 23.9 Å². The van der Waals surface area contributed by atoms with Crippen LogP contribution in [0.5, 0.6) is 0 Å². The summed E-state index contributed by atoms with van der Waals surface area (Å²) in [7, 11) is 1.32. The number of amides is 1. The fourth-order valence-corrected chi connectivity index (χ4v) is 2.07. The van der Waals surface area contributed by atoms with Crippen molar-refractivity contribution in [3.63, 3.8) is 0 Å². The predicted octanol–water partition coefficient (Wildman–Crippen LogP) is 2.47. The molecule has 0 aliphatic carbocycles. The smallest absolute Gasteiger partial charge is 0.338 e. The van der Waals surface area contributed by atoms with Gasteiger partial charge in [0, 0.05) is 13.5 Å². The van der Waals surface area contributed by atoms with Gasteiger partial charge in [-0.15, -0.1) is 0 Å². The molecule has 0 saturated heterocycles. The molecule has 0 bridgehead atoms. The quantitative estimate of drug-likeness (QED) is 0.816. The lowest BCUT2D eigenvalue weighted by Crippen LogP contribution is -2.18. The number of hydrogen-bond donors (Lipinski definition) is 1. The molecule has 0 atom stereocenters. The van der Waals surface area contributed by atoms with Gasteiger partial charge < -0.3 is 14.8 Å². The minimum Gasteiger partial charge on any atom is -0.465 e. The molecule has 1 N–H and O–H groups in total. The number of hydrogen-bond acceptors (Lipinski definition) is 5. The van der Waals surface area contributed by atoms with Crippen LogP contribution in [0.3, 0.4) is 0 Å². The molecule has 0 aliphatic rings. The molecule has 1 amide bonds. The number of ether oxygens (including phenoxy) is 2. The molecule has 0 aliphatic heterocycles. The highest BCUT2D eigenvalue weighted by Gasteiger charge is 2.09. The van der Waals surface area contributed by atoms with Crippen molar-refractivity contribution in [2.45, 2.75) is 20.1 Å². The first kappa shape index (κ1) is 18.2. The maximum atomic E-state index is 12.1. The van der Waals surface area contributed by atoms with Gasteiger partial charge in [-0.1, -0.05) is 24.3 Å². The van der Waals surface area contributed by atoms with Crippen molar-refractivity contribution in [3.8, 4) is 0 Å². The summed E-state index contributed by atoms with van der Waals surface area (Å²) < 4.78 is 9.88. The number of nitrogens with one attached hydrogen (secondary N) is 1. The molecule has 6 heteroatoms. The minimum atomic E-state index is -0.442. The van der Waals surface area contributed by atoms with Gasteiger partial charge in [0.25, 0.3) is 0 Å². The van der Waals surface area contributed by atoms with Crippen LogP contribution in [0.25, 0.3) is 0 Å². The summed E-state index contributed by atoms with van der Waals surface area (Å²) in [6, 6.07) is 13.5. The zero-order chi connectivity index (χ0) is 18.2. The topological polar surface area (TPSA) is 81.7 Å². The first-order valence-corrected chi connectivity index (χ1v) is 7.67. The lowest BCUT2D eigenvalue weighted by atomic mass is 10.1. The first-order chi connectivity index (χ1) is 12.0. The summed E-state index contributed by atoms with van der Waals surface area (Å²) >= 11 is 0. The van der Waals surface area contributed by atoms with E-state index in [4.69, 9.17) is 4.74 Å². The van der Waals surface area contributed by atoms with Crippen molar-refractivity contribution in [1.29, 1.82) is 0 Å². The van der Waals surface area contributed by atoms with Gasteiger partial charge in [0.2, 0.25) is 5.91 Å². The SMILES string of the molecule is COC(=O)c1ccc(COC(=O)c2ccc(CNC(C)=O)cc2)cc1. The number of benzene rings is 2. The van der Waals surface area contributed by atoms with E-state index >= 15 is 0 Å². The molecule has 25 heavy (non-hydrogen) atoms. The van der Waals surface area contributed by atoms with Crippen LogP contribution in [0, 0.1) is 0 Å². The van der Waals surface area contributed by atoms with Crippen molar-refractivity contribution in [3.05, 3.63) is 70.8 Å². The van der Waals surface area contributed by atoms with E-state index in [1.165, 1.54) is 14.0 Å². The van der Waals surface area contributed by atoms with Gasteiger partial charge in [0.05, 0.1) is 18.2 Å². The minimum absolute atomic E-state index is 0.105. The second kappa shape index (κ2) is 8.63. The molecule has 0 spiro atoms. The Balaban J connectivity index is 1.89. The van der Waals surface area contributed by atoms with Gasteiger partial charge in [-0.25, -0.2) is 9.59 Å². The van der Waals surface area contributed by atoms with Crippen LogP contribution in [0.15, 0.2) is 48.5 Å². The third-order valence-corrected chi connectivity index (χ3v) is 3.48. The van der Waals surface area contributed by atoms with E-state index in [9.17, 15) is 14.4 Å². The number of esters is 2. The van der Waals surface area contributed by atoms with Crippen LogP contribution in [0.2, 0.25) is 0 Å². The second-order valence-electron chi connectivity index (χ2n) is 5.37. The van der Waals surface area contributed by atoms with Crippen molar-refractivity contribution in [1.82, 2.24) is 5.32 Å². The van der Waals surface area contributed by atoms with Crippen LogP contribution < -0.4 is 5.32 Å². The molecule has 0 unspecified atom stereocenters. The Bertz CT molecular complexity index is 750. The Morgan fingerprint density at radius 2 is 1.36 bits per heavy atom. The van der Waals surface area contributed by atoms with Crippen LogP contribution in [-0.2, 0) is 27.4 Å². The standard InChI is InChI=1S/C19H19NO5/c1-13(21)20-11-14-3-7-17(8-4-14)19(23)25-12-15-5-9-16(10-6-15)18(22)24-2/h3-10H,11-12H2,1-2H3,(H,20,21). The van der Waals surface area contributed by atoms with Crippen LogP contribution in [-0.4, -0.2) is 25.0 Å². The lowest BCUT2D eigenvalue weighted by Gasteiger charge is -2.07. The maximum Gasteiger partial charge on any atom is 0.338 e. The zero-order valence-electron chi connectivity index (χ0n) is 14.1. The van der Waals surface area contributed by atoms with E-state index in [2.05, 4.69) is 10.1 Å². The zero-order valence-corrected chi connectivity index (χ0v) is 14.1. The Hall–Kier alpha value is -3.15. The molecular weight excluding hydrogens is 322 g/mol. The van der Waals surface area contributed by atoms with Crippen molar-refractivity contribution in [2.24, 2.45) is 0 Å². The number of rotatable bonds is 6. The van der Waals surface area contributed by atoms with Gasteiger partial charge in [-0.2, -0.15) is 0 Å². The normalized spacial score (nSPS) is 10.0. The molecule has 6 nitrogen and oxygen atoms in total. The largest absolute Gasteiger partial charge is 0.465 e. The van der Waals surface area contributed by atoms with E-state index in [1.54, 1.807) is 48.5 Å². The van der Waals surface area contributed by atoms with E-state index in [-0.39, 0.29) is 12.5 Å². The predicted molar refractivity (Wildman–Crippen MR) is 90.9 cm³/mol. The van der Waals surface area contributed by atoms with Gasteiger partial charge in [-0.3, -0.25) is 4.79 Å². The average Bonchev–Trinajstić information content (AvgIpc) is 2.64. The monoisotopic (exact) mass is 341 g/mol. The van der Waals surface area contributed by atoms with E-state index in [0.717, 1.165) is 11.1 Å². The molecule has 2 aromatic carbocycles. The van der Waals surface area contributed by atoms with Crippen molar-refractivity contribution in [2.75, 3.05) is 7.11 Å². The molecule has 130 valence electrons. The van der Waals surface area contributed by atoms with Gasteiger partial charge in [0.1, 0.15) is 6.61 Å². The van der Waals surface area contributed by atoms with Gasteiger partial charge in [-0.05, 0) is 35.4 Å². The summed E-state index contributed by atoms with van der Waals surface area (Å²) in [6.45, 7) is 1.97. The highest BCUT2D eigenvalue weighted by molar-refractivity contribution is 5.90. The highest BCUT2D eigenvalue weighted by atomic mass is 16.5. The Kier molecular flexibility index (Phi) is 6.28. The Labute approximate surface area is 145 Å². The van der Waals surface area contributed by atoms with Crippen LogP contribution >= 0.6 is 0 Å². The van der Waals surface area contributed by atoms with Crippen molar-refractivity contribution >= 4 is 17.8 Å². The second-order valence-corrected chi connectivity index (χ2v) is 5.37. The molecule has 2 rings (SSSR count). The number of carbonyl (C=O) groups is 3. The average molecular weight is 341 g/mol. The Morgan fingerprint density at radius 3 is 1.88 bits per heavy atom. The van der Waals surface area contributed by atoms with Gasteiger partial charge >= 0.3 is 11.9 Å². The number of methoxy groups -OCH3 is 1. The summed E-state index contributed by atoms with van der Waals surface area (Å²) in [6.07, 6.45) is 0. The molecule has 0 radical (unpaired) electrons. The van der Waals surface area contributed by atoms with E-state index < -0.39 is 11.9 Å². The summed E-state index contributed by atoms with van der Waals surface area (Å²) in [5.74, 6) is -0.965. The highest BCUT2D eigenvalue weighted by Crippen LogP contribution is 2.10. The third-order valence-electron chi connectivity index (χ3n) is 3.48. The Morgan fingerprint density at radius 1 is 0.840 bits per heavy atom. The number of carbonyl (C=O) groups excluding carboxylic acids is 3. The first-order valence-electron chi connectivity index (χ1n) is 7.67. The molecule has 0 heterocycles. The lowest BCUT2D eigenvalue weighted by molar-refractivity contribution is -0.119. The third kappa shape index (κ3) is 5.46. The molecule has 2 aromatic rings. The van der Waals surface area contributed by atoms with E-state index in [1.807, 2.05) is 0 Å². The molecule has 0 aromatic heterocycles. The molecule has 0 saturated carbocycles. The van der Waals surface area contributed by atoms with Crippen LogP contribution in [0.1, 0.15) is 38.8 Å². The van der Waals surface area contributed by atoms with Gasteiger partial charge in [0.15, 0.2) is 0 Å². The van der Waals surface area contributed by atoms with E-state index in [0.29, 0.717) is 17.7 Å². The fraction of sp³-hybridized carbons (Fsp3) is 0.211. The summed E-state index contributed by atoms with van der Waals surface area (Å²) in [5.41, 5.74) is 2.53. The molecular formula is C19H19NO5. The summed E-state index contributed by atoms with van der Waals surface area (Å²) in [5, 5.41) is 2.69. The maximum absolute atomic E-state index is 12.1. The van der Waals surface area contributed by atoms with Crippen LogP contribution in [0.4, 0.5) is 0 Å².